The van der Waals surface area contributed by atoms with Crippen LogP contribution in [0.5, 0.6) is 0 Å². The van der Waals surface area contributed by atoms with Gasteiger partial charge in [-0.2, -0.15) is 0 Å². The highest BCUT2D eigenvalue weighted by Crippen LogP contribution is 2.31. The Morgan fingerprint density at radius 1 is 1.63 bits per heavy atom. The first-order valence-corrected chi connectivity index (χ1v) is 5.82. The summed E-state index contributed by atoms with van der Waals surface area (Å²) in [6, 6.07) is 2.57. The number of nitrogens with two attached hydrogens (primary N) is 1. The molecule has 1 saturated heterocycles. The second-order valence-corrected chi connectivity index (χ2v) is 4.50. The zero-order valence-electron chi connectivity index (χ0n) is 10.3. The minimum Gasteiger partial charge on any atom is -0.481 e. The second kappa shape index (κ2) is 4.71. The van der Waals surface area contributed by atoms with Crippen molar-refractivity contribution in [2.24, 2.45) is 5.92 Å². The van der Waals surface area contributed by atoms with Crippen LogP contribution in [0, 0.1) is 16.0 Å². The van der Waals surface area contributed by atoms with Crippen LogP contribution >= 0.6 is 0 Å². The molecular formula is C11H14N4O4. The van der Waals surface area contributed by atoms with E-state index in [-0.39, 0.29) is 17.5 Å². The molecule has 1 aliphatic rings. The van der Waals surface area contributed by atoms with Crippen molar-refractivity contribution < 1.29 is 14.8 Å². The smallest absolute Gasteiger partial charge is 0.311 e. The summed E-state index contributed by atoms with van der Waals surface area (Å²) in [6.45, 7) is 2.34. The number of carbonyl (C=O) groups is 1. The largest absolute Gasteiger partial charge is 0.481 e. The van der Waals surface area contributed by atoms with E-state index in [9.17, 15) is 14.9 Å². The number of nitrogen functional groups attached to an aromatic ring is 1. The van der Waals surface area contributed by atoms with Crippen LogP contribution in [0.2, 0.25) is 0 Å². The molecule has 0 bridgehead atoms. The highest BCUT2D eigenvalue weighted by Gasteiger charge is 2.36. The zero-order valence-corrected chi connectivity index (χ0v) is 10.3. The Morgan fingerprint density at radius 3 is 2.79 bits per heavy atom. The third-order valence-corrected chi connectivity index (χ3v) is 3.45. The fourth-order valence-electron chi connectivity index (χ4n) is 2.36. The standard InChI is InChI=1S/C11H14N4O4/c1-6-7(11(16)17)4-5-14(6)9-3-2-8(15(18)19)10(12)13-9/h2-3,6-7H,4-5H2,1H3,(H2,12,13)(H,16,17). The Balaban J connectivity index is 2.27. The third-order valence-electron chi connectivity index (χ3n) is 3.45. The van der Waals surface area contributed by atoms with Gasteiger partial charge in [0.05, 0.1) is 10.8 Å². The maximum absolute atomic E-state index is 11.0. The van der Waals surface area contributed by atoms with E-state index < -0.39 is 16.8 Å². The molecule has 0 radical (unpaired) electrons. The minimum atomic E-state index is -0.843. The second-order valence-electron chi connectivity index (χ2n) is 4.50. The van der Waals surface area contributed by atoms with Crippen LogP contribution in [-0.2, 0) is 4.79 Å². The highest BCUT2D eigenvalue weighted by atomic mass is 16.6. The molecule has 0 spiro atoms. The molecule has 0 amide bonds. The van der Waals surface area contributed by atoms with Crippen LogP contribution in [0.15, 0.2) is 12.1 Å². The Labute approximate surface area is 109 Å². The van der Waals surface area contributed by atoms with E-state index in [1.807, 2.05) is 0 Å². The lowest BCUT2D eigenvalue weighted by Gasteiger charge is -2.24. The number of nitro groups is 1. The van der Waals surface area contributed by atoms with Gasteiger partial charge in [-0.25, -0.2) is 4.98 Å². The van der Waals surface area contributed by atoms with E-state index in [1.165, 1.54) is 12.1 Å². The summed E-state index contributed by atoms with van der Waals surface area (Å²) in [4.78, 5) is 26.9. The van der Waals surface area contributed by atoms with Gasteiger partial charge in [-0.1, -0.05) is 0 Å². The molecule has 0 aliphatic carbocycles. The molecule has 102 valence electrons. The van der Waals surface area contributed by atoms with Crippen molar-refractivity contribution in [2.45, 2.75) is 19.4 Å². The lowest BCUT2D eigenvalue weighted by molar-refractivity contribution is -0.384. The molecule has 8 heteroatoms. The summed E-state index contributed by atoms with van der Waals surface area (Å²) >= 11 is 0. The number of carboxylic acids is 1. The number of hydrogen-bond donors (Lipinski definition) is 2. The van der Waals surface area contributed by atoms with Gasteiger partial charge in [0.1, 0.15) is 5.82 Å². The number of carboxylic acid groups (broad SMARTS) is 1. The summed E-state index contributed by atoms with van der Waals surface area (Å²) in [7, 11) is 0. The molecule has 8 nitrogen and oxygen atoms in total. The number of aromatic nitrogens is 1. The molecule has 1 aliphatic heterocycles. The Morgan fingerprint density at radius 2 is 2.32 bits per heavy atom. The van der Waals surface area contributed by atoms with Crippen molar-refractivity contribution in [1.82, 2.24) is 4.98 Å². The number of nitrogens with zero attached hydrogens (tertiary/aromatic N) is 3. The van der Waals surface area contributed by atoms with E-state index in [2.05, 4.69) is 4.98 Å². The molecule has 0 saturated carbocycles. The molecular weight excluding hydrogens is 252 g/mol. The fraction of sp³-hybridized carbons (Fsp3) is 0.455. The van der Waals surface area contributed by atoms with Gasteiger partial charge < -0.3 is 15.7 Å². The molecule has 0 aromatic carbocycles. The van der Waals surface area contributed by atoms with Crippen LogP contribution < -0.4 is 10.6 Å². The SMILES string of the molecule is CC1C(C(=O)O)CCN1c1ccc([N+](=O)[O-])c(N)n1. The molecule has 2 heterocycles. The summed E-state index contributed by atoms with van der Waals surface area (Å²) in [5.74, 6) is -0.990. The van der Waals surface area contributed by atoms with Crippen molar-refractivity contribution in [3.63, 3.8) is 0 Å². The Kier molecular flexibility index (Phi) is 3.24. The predicted molar refractivity (Wildman–Crippen MR) is 67.9 cm³/mol. The van der Waals surface area contributed by atoms with Gasteiger partial charge in [0, 0.05) is 18.7 Å². The Hall–Kier alpha value is -2.38. The lowest BCUT2D eigenvalue weighted by atomic mass is 10.0. The Bertz CT molecular complexity index is 533. The maximum Gasteiger partial charge on any atom is 0.311 e. The number of hydrogen-bond acceptors (Lipinski definition) is 6. The molecule has 1 aromatic heterocycles. The predicted octanol–water partition coefficient (Wildman–Crippen LogP) is 0.871. The summed E-state index contributed by atoms with van der Waals surface area (Å²) < 4.78 is 0. The van der Waals surface area contributed by atoms with Crippen molar-refractivity contribution in [3.05, 3.63) is 22.2 Å². The van der Waals surface area contributed by atoms with Crippen LogP contribution in [-0.4, -0.2) is 33.6 Å². The quantitative estimate of drug-likeness (QED) is 0.614. The van der Waals surface area contributed by atoms with Crippen molar-refractivity contribution >= 4 is 23.3 Å². The molecule has 2 atom stereocenters. The van der Waals surface area contributed by atoms with Gasteiger partial charge in [-0.05, 0) is 19.4 Å². The number of pyridine rings is 1. The van der Waals surface area contributed by atoms with Crippen LogP contribution in [0.25, 0.3) is 0 Å². The molecule has 3 N–H and O–H groups in total. The van der Waals surface area contributed by atoms with E-state index in [0.29, 0.717) is 18.8 Å². The first kappa shape index (κ1) is 13.1. The van der Waals surface area contributed by atoms with E-state index >= 15 is 0 Å². The monoisotopic (exact) mass is 266 g/mol. The van der Waals surface area contributed by atoms with E-state index in [1.54, 1.807) is 11.8 Å². The third kappa shape index (κ3) is 2.28. The number of aliphatic carboxylic acids is 1. The zero-order chi connectivity index (χ0) is 14.2. The van der Waals surface area contributed by atoms with Crippen LogP contribution in [0.1, 0.15) is 13.3 Å². The maximum atomic E-state index is 11.0. The highest BCUT2D eigenvalue weighted by molar-refractivity contribution is 5.73. The first-order chi connectivity index (χ1) is 8.91. The summed E-state index contributed by atoms with van der Waals surface area (Å²) in [5.41, 5.74) is 5.29. The van der Waals surface area contributed by atoms with E-state index in [0.717, 1.165) is 0 Å². The number of rotatable bonds is 3. The molecule has 1 aromatic rings. The van der Waals surface area contributed by atoms with Gasteiger partial charge in [0.15, 0.2) is 0 Å². The van der Waals surface area contributed by atoms with Gasteiger partial charge in [0.2, 0.25) is 5.82 Å². The topological polar surface area (TPSA) is 123 Å². The van der Waals surface area contributed by atoms with Gasteiger partial charge in [0.25, 0.3) is 0 Å². The van der Waals surface area contributed by atoms with Gasteiger partial charge in [-0.15, -0.1) is 0 Å². The summed E-state index contributed by atoms with van der Waals surface area (Å²) in [5, 5.41) is 19.7. The van der Waals surface area contributed by atoms with E-state index in [4.69, 9.17) is 10.8 Å². The summed E-state index contributed by atoms with van der Waals surface area (Å²) in [6.07, 6.45) is 0.523. The van der Waals surface area contributed by atoms with Crippen molar-refractivity contribution in [1.29, 1.82) is 0 Å². The van der Waals surface area contributed by atoms with Crippen LogP contribution in [0.3, 0.4) is 0 Å². The molecule has 1 fully saturated rings. The molecule has 19 heavy (non-hydrogen) atoms. The average Bonchev–Trinajstić information content (AvgIpc) is 2.70. The molecule has 2 rings (SSSR count). The van der Waals surface area contributed by atoms with Gasteiger partial charge in [-0.3, -0.25) is 14.9 Å². The molecule has 2 unspecified atom stereocenters. The van der Waals surface area contributed by atoms with Crippen LogP contribution in [0.4, 0.5) is 17.3 Å². The number of anilines is 2. The minimum absolute atomic E-state index is 0.159. The van der Waals surface area contributed by atoms with Crippen molar-refractivity contribution in [3.8, 4) is 0 Å². The first-order valence-electron chi connectivity index (χ1n) is 5.82. The van der Waals surface area contributed by atoms with Crippen molar-refractivity contribution in [2.75, 3.05) is 17.2 Å². The average molecular weight is 266 g/mol. The van der Waals surface area contributed by atoms with Gasteiger partial charge >= 0.3 is 11.7 Å². The normalized spacial score (nSPS) is 22.5. The lowest BCUT2D eigenvalue weighted by Crippen LogP contribution is -2.33. The fourth-order valence-corrected chi connectivity index (χ4v) is 2.36.